The number of hydrogen-bond acceptors (Lipinski definition) is 7. The molecule has 29 heavy (non-hydrogen) atoms. The summed E-state index contributed by atoms with van der Waals surface area (Å²) in [5.41, 5.74) is 0.868. The second-order valence-corrected chi connectivity index (χ2v) is 7.96. The molecule has 0 spiro atoms. The van der Waals surface area contributed by atoms with Crippen LogP contribution in [0.15, 0.2) is 29.1 Å². The first-order valence-corrected chi connectivity index (χ1v) is 10.1. The molecule has 8 heteroatoms. The maximum Gasteiger partial charge on any atom is 0.349 e. The maximum absolute atomic E-state index is 12.8. The van der Waals surface area contributed by atoms with Gasteiger partial charge in [-0.2, -0.15) is 0 Å². The summed E-state index contributed by atoms with van der Waals surface area (Å²) in [5.74, 6) is 0.464. The number of esters is 1. The molecule has 0 N–H and O–H groups in total. The number of ketones is 1. The van der Waals surface area contributed by atoms with Crippen LogP contribution in [-0.2, 0) is 17.7 Å². The molecule has 0 radical (unpaired) electrons. The van der Waals surface area contributed by atoms with Crippen LogP contribution in [-0.4, -0.2) is 34.5 Å². The molecule has 1 aliphatic heterocycles. The van der Waals surface area contributed by atoms with Gasteiger partial charge in [-0.25, -0.2) is 9.78 Å². The molecule has 1 atom stereocenters. The number of methoxy groups -OCH3 is 1. The fraction of sp³-hybridized carbons (Fsp3) is 0.333. The van der Waals surface area contributed by atoms with E-state index in [9.17, 15) is 14.4 Å². The van der Waals surface area contributed by atoms with Gasteiger partial charge in [-0.3, -0.25) is 14.2 Å². The van der Waals surface area contributed by atoms with Crippen LogP contribution in [0, 0.1) is 6.92 Å². The molecular weight excluding hydrogens is 392 g/mol. The molecule has 1 aliphatic rings. The maximum atomic E-state index is 12.8. The Balaban J connectivity index is 1.58. The summed E-state index contributed by atoms with van der Waals surface area (Å²) >= 11 is 1.14. The highest BCUT2D eigenvalue weighted by Gasteiger charge is 2.26. The first-order valence-electron chi connectivity index (χ1n) is 9.32. The van der Waals surface area contributed by atoms with Gasteiger partial charge >= 0.3 is 5.97 Å². The molecule has 0 saturated heterocycles. The Bertz CT molecular complexity index is 1180. The second-order valence-electron chi connectivity index (χ2n) is 6.97. The van der Waals surface area contributed by atoms with E-state index in [1.54, 1.807) is 42.9 Å². The van der Waals surface area contributed by atoms with Crippen LogP contribution in [0.25, 0.3) is 10.2 Å². The summed E-state index contributed by atoms with van der Waals surface area (Å²) in [7, 11) is 1.55. The van der Waals surface area contributed by atoms with E-state index < -0.39 is 12.1 Å². The van der Waals surface area contributed by atoms with Crippen molar-refractivity contribution in [2.45, 2.75) is 39.3 Å². The predicted molar refractivity (Wildman–Crippen MR) is 109 cm³/mol. The monoisotopic (exact) mass is 412 g/mol. The molecule has 4 rings (SSSR count). The minimum absolute atomic E-state index is 0.113. The minimum atomic E-state index is -0.959. The predicted octanol–water partition coefficient (Wildman–Crippen LogP) is 3.15. The Kier molecular flexibility index (Phi) is 4.96. The van der Waals surface area contributed by atoms with Crippen LogP contribution >= 0.6 is 11.3 Å². The number of carbonyl (C=O) groups is 2. The molecule has 7 nitrogen and oxygen atoms in total. The van der Waals surface area contributed by atoms with Crippen molar-refractivity contribution in [3.8, 4) is 5.75 Å². The number of hydrogen-bond donors (Lipinski definition) is 0. The van der Waals surface area contributed by atoms with E-state index in [1.807, 2.05) is 0 Å². The van der Waals surface area contributed by atoms with Crippen LogP contribution in [0.5, 0.6) is 5.75 Å². The molecule has 3 aromatic rings. The summed E-state index contributed by atoms with van der Waals surface area (Å²) in [5, 5.41) is 0.460. The number of fused-ring (bicyclic) bond motifs is 2. The number of nitrogens with zero attached hydrogens (tertiary/aromatic N) is 2. The number of aryl methyl sites for hydroxylation is 2. The van der Waals surface area contributed by atoms with Gasteiger partial charge in [0.05, 0.1) is 12.5 Å². The number of thiophene rings is 1. The lowest BCUT2D eigenvalue weighted by atomic mass is 10.1. The molecule has 0 unspecified atom stereocenters. The van der Waals surface area contributed by atoms with Gasteiger partial charge < -0.3 is 9.47 Å². The molecule has 0 fully saturated rings. The molecule has 0 saturated carbocycles. The molecular formula is C21H20N2O5S. The second kappa shape index (κ2) is 7.44. The zero-order valence-electron chi connectivity index (χ0n) is 16.4. The zero-order valence-corrected chi connectivity index (χ0v) is 17.2. The summed E-state index contributed by atoms with van der Waals surface area (Å²) in [6.07, 6.45) is 0.702. The third-order valence-corrected chi connectivity index (χ3v) is 6.29. The van der Waals surface area contributed by atoms with Gasteiger partial charge in [0.15, 0.2) is 6.10 Å². The Hall–Kier alpha value is -3.00. The van der Waals surface area contributed by atoms with E-state index >= 15 is 0 Å². The summed E-state index contributed by atoms with van der Waals surface area (Å²) in [4.78, 5) is 43.5. The van der Waals surface area contributed by atoms with Gasteiger partial charge in [-0.1, -0.05) is 0 Å². The van der Waals surface area contributed by atoms with Crippen molar-refractivity contribution in [2.75, 3.05) is 7.11 Å². The van der Waals surface area contributed by atoms with E-state index in [-0.39, 0.29) is 11.3 Å². The SMILES string of the molecule is COc1ccc(C(=O)[C@H](C)OC(=O)c2sc3nc4n(c(=O)c3c2C)CCC4)cc1. The van der Waals surface area contributed by atoms with Crippen molar-refractivity contribution in [3.05, 3.63) is 56.4 Å². The molecule has 0 aliphatic carbocycles. The number of aromatic nitrogens is 2. The van der Waals surface area contributed by atoms with Crippen molar-refractivity contribution < 1.29 is 19.1 Å². The number of rotatable bonds is 5. The quantitative estimate of drug-likeness (QED) is 0.473. The molecule has 2 aromatic heterocycles. The van der Waals surface area contributed by atoms with Gasteiger partial charge in [-0.15, -0.1) is 11.3 Å². The number of Topliss-reactive ketones (excluding diaryl/α,β-unsaturated/α-hetero) is 1. The van der Waals surface area contributed by atoms with Crippen LogP contribution in [0.3, 0.4) is 0 Å². The highest BCUT2D eigenvalue weighted by atomic mass is 32.1. The molecule has 0 bridgehead atoms. The average molecular weight is 412 g/mol. The lowest BCUT2D eigenvalue weighted by molar-refractivity contribution is 0.0323. The Morgan fingerprint density at radius 1 is 1.24 bits per heavy atom. The first kappa shape index (κ1) is 19.3. The van der Waals surface area contributed by atoms with Crippen molar-refractivity contribution in [1.82, 2.24) is 9.55 Å². The zero-order chi connectivity index (χ0) is 20.7. The van der Waals surface area contributed by atoms with Gasteiger partial charge in [0, 0.05) is 18.5 Å². The average Bonchev–Trinajstić information content (AvgIpc) is 3.32. The Morgan fingerprint density at radius 3 is 2.66 bits per heavy atom. The van der Waals surface area contributed by atoms with E-state index in [4.69, 9.17) is 9.47 Å². The smallest absolute Gasteiger partial charge is 0.349 e. The van der Waals surface area contributed by atoms with Crippen LogP contribution in [0.1, 0.15) is 44.8 Å². The largest absolute Gasteiger partial charge is 0.497 e. The molecule has 3 heterocycles. The van der Waals surface area contributed by atoms with Crippen molar-refractivity contribution in [3.63, 3.8) is 0 Å². The third-order valence-electron chi connectivity index (χ3n) is 5.12. The van der Waals surface area contributed by atoms with Crippen LogP contribution in [0.4, 0.5) is 0 Å². The summed E-state index contributed by atoms with van der Waals surface area (Å²) in [6.45, 7) is 3.91. The number of ether oxygens (including phenoxy) is 2. The lowest BCUT2D eigenvalue weighted by Crippen LogP contribution is -2.24. The summed E-state index contributed by atoms with van der Waals surface area (Å²) in [6, 6.07) is 6.61. The van der Waals surface area contributed by atoms with Crippen molar-refractivity contribution >= 4 is 33.3 Å². The first-order chi connectivity index (χ1) is 13.9. The van der Waals surface area contributed by atoms with Gasteiger partial charge in [0.1, 0.15) is 21.3 Å². The highest BCUT2D eigenvalue weighted by Crippen LogP contribution is 2.29. The standard InChI is InChI=1S/C21H20N2O5S/c1-11-16-19(22-15-5-4-10-23(15)20(16)25)29-18(11)21(26)28-12(2)17(24)13-6-8-14(27-3)9-7-13/h6-9,12H,4-5,10H2,1-3H3/t12-/m0/s1. The fourth-order valence-electron chi connectivity index (χ4n) is 3.53. The molecule has 1 aromatic carbocycles. The van der Waals surface area contributed by atoms with Gasteiger partial charge in [0.25, 0.3) is 5.56 Å². The van der Waals surface area contributed by atoms with Crippen molar-refractivity contribution in [2.24, 2.45) is 0 Å². The van der Waals surface area contributed by atoms with Crippen LogP contribution < -0.4 is 10.3 Å². The van der Waals surface area contributed by atoms with E-state index in [0.717, 1.165) is 30.0 Å². The summed E-state index contributed by atoms with van der Waals surface area (Å²) < 4.78 is 12.2. The van der Waals surface area contributed by atoms with Crippen molar-refractivity contribution in [1.29, 1.82) is 0 Å². The van der Waals surface area contributed by atoms with Gasteiger partial charge in [0.2, 0.25) is 5.78 Å². The highest BCUT2D eigenvalue weighted by molar-refractivity contribution is 7.20. The third kappa shape index (κ3) is 3.33. The Morgan fingerprint density at radius 2 is 1.97 bits per heavy atom. The fourth-order valence-corrected chi connectivity index (χ4v) is 4.60. The van der Waals surface area contributed by atoms with Crippen LogP contribution in [0.2, 0.25) is 0 Å². The topological polar surface area (TPSA) is 87.5 Å². The number of benzene rings is 1. The van der Waals surface area contributed by atoms with Gasteiger partial charge in [-0.05, 0) is 50.1 Å². The van der Waals surface area contributed by atoms with E-state index in [2.05, 4.69) is 4.98 Å². The number of carbonyl (C=O) groups excluding carboxylic acids is 2. The minimum Gasteiger partial charge on any atom is -0.497 e. The van der Waals surface area contributed by atoms with E-state index in [0.29, 0.717) is 38.5 Å². The Labute approximate surface area is 170 Å². The molecule has 150 valence electrons. The normalized spacial score (nSPS) is 13.9. The molecule has 0 amide bonds. The van der Waals surface area contributed by atoms with E-state index in [1.165, 1.54) is 6.92 Å². The lowest BCUT2D eigenvalue weighted by Gasteiger charge is -2.12.